The molecule has 1 N–H and O–H groups in total. The lowest BCUT2D eigenvalue weighted by molar-refractivity contribution is 0.0236. The Bertz CT molecular complexity index is 740. The van der Waals surface area contributed by atoms with Crippen molar-refractivity contribution in [3.63, 3.8) is 0 Å². The van der Waals surface area contributed by atoms with Gasteiger partial charge in [-0.05, 0) is 32.6 Å². The summed E-state index contributed by atoms with van der Waals surface area (Å²) in [7, 11) is 1.91. The molecule has 2 fully saturated rings. The highest BCUT2D eigenvalue weighted by molar-refractivity contribution is 5.42. The van der Waals surface area contributed by atoms with Crippen molar-refractivity contribution in [3.8, 4) is 0 Å². The Balaban J connectivity index is 1.55. The van der Waals surface area contributed by atoms with Crippen LogP contribution in [0.1, 0.15) is 48.9 Å². The summed E-state index contributed by atoms with van der Waals surface area (Å²) in [6, 6.07) is 2.03. The molecule has 3 heterocycles. The van der Waals surface area contributed by atoms with Gasteiger partial charge in [-0.25, -0.2) is 9.97 Å². The van der Waals surface area contributed by atoms with Crippen molar-refractivity contribution in [1.29, 1.82) is 0 Å². The van der Waals surface area contributed by atoms with Crippen LogP contribution in [0.5, 0.6) is 0 Å². The Kier molecular flexibility index (Phi) is 3.75. The lowest BCUT2D eigenvalue weighted by Crippen LogP contribution is -2.50. The van der Waals surface area contributed by atoms with Crippen molar-refractivity contribution in [1.82, 2.24) is 24.7 Å². The maximum absolute atomic E-state index is 11.1. The third kappa shape index (κ3) is 3.13. The number of β-amino-alcohol motifs (C(OH)–C–C–N with tert-alkyl or cyclic N) is 1. The van der Waals surface area contributed by atoms with Crippen LogP contribution in [-0.4, -0.2) is 48.5 Å². The topological polar surface area (TPSA) is 80.0 Å². The molecule has 1 aliphatic heterocycles. The summed E-state index contributed by atoms with van der Waals surface area (Å²) >= 11 is 0. The summed E-state index contributed by atoms with van der Waals surface area (Å²) in [6.07, 6.45) is 6.29. The number of anilines is 1. The molecule has 0 bridgehead atoms. The molecule has 4 rings (SSSR count). The number of piperidine rings is 1. The summed E-state index contributed by atoms with van der Waals surface area (Å²) < 4.78 is 1.87. The summed E-state index contributed by atoms with van der Waals surface area (Å²) in [5.74, 6) is 3.26. The van der Waals surface area contributed by atoms with Crippen LogP contribution in [0.2, 0.25) is 0 Å². The fourth-order valence-electron chi connectivity index (χ4n) is 3.47. The van der Waals surface area contributed by atoms with E-state index in [4.69, 9.17) is 4.98 Å². The van der Waals surface area contributed by atoms with Gasteiger partial charge in [0.15, 0.2) is 0 Å². The zero-order valence-electron chi connectivity index (χ0n) is 14.3. The van der Waals surface area contributed by atoms with Crippen LogP contribution in [0.25, 0.3) is 0 Å². The van der Waals surface area contributed by atoms with E-state index in [0.717, 1.165) is 42.5 Å². The van der Waals surface area contributed by atoms with Crippen LogP contribution < -0.4 is 4.90 Å². The predicted octanol–water partition coefficient (Wildman–Crippen LogP) is 1.36. The lowest BCUT2D eigenvalue weighted by atomic mass is 9.89. The molecule has 7 heteroatoms. The van der Waals surface area contributed by atoms with E-state index in [-0.39, 0.29) is 0 Å². The average molecular weight is 328 g/mol. The van der Waals surface area contributed by atoms with Crippen LogP contribution in [0.4, 0.5) is 5.82 Å². The van der Waals surface area contributed by atoms with E-state index >= 15 is 0 Å². The number of hydrogen-bond donors (Lipinski definition) is 1. The number of rotatable bonds is 4. The zero-order valence-corrected chi connectivity index (χ0v) is 14.3. The molecule has 2 aliphatic rings. The molecule has 1 saturated heterocycles. The first-order valence-electron chi connectivity index (χ1n) is 8.68. The maximum Gasteiger partial charge on any atom is 0.135 e. The van der Waals surface area contributed by atoms with E-state index in [1.165, 1.54) is 12.8 Å². The molecule has 0 aromatic carbocycles. The molecule has 0 amide bonds. The van der Waals surface area contributed by atoms with Gasteiger partial charge in [0.25, 0.3) is 0 Å². The van der Waals surface area contributed by atoms with Gasteiger partial charge in [0.1, 0.15) is 23.8 Å². The minimum Gasteiger partial charge on any atom is -0.388 e. The molecule has 1 unspecified atom stereocenters. The highest BCUT2D eigenvalue weighted by atomic mass is 16.3. The molecule has 1 atom stereocenters. The molecular weight excluding hydrogens is 304 g/mol. The van der Waals surface area contributed by atoms with E-state index < -0.39 is 5.60 Å². The van der Waals surface area contributed by atoms with E-state index in [1.54, 1.807) is 6.33 Å². The summed E-state index contributed by atoms with van der Waals surface area (Å²) in [5, 5.41) is 19.1. The summed E-state index contributed by atoms with van der Waals surface area (Å²) in [4.78, 5) is 11.5. The van der Waals surface area contributed by atoms with Crippen molar-refractivity contribution in [3.05, 3.63) is 29.7 Å². The first kappa shape index (κ1) is 15.5. The van der Waals surface area contributed by atoms with Gasteiger partial charge in [0.2, 0.25) is 0 Å². The zero-order chi connectivity index (χ0) is 16.7. The molecule has 24 heavy (non-hydrogen) atoms. The molecule has 1 aliphatic carbocycles. The Hall–Kier alpha value is -2.02. The van der Waals surface area contributed by atoms with E-state index in [2.05, 4.69) is 20.1 Å². The van der Waals surface area contributed by atoms with E-state index in [0.29, 0.717) is 18.9 Å². The lowest BCUT2D eigenvalue weighted by Gasteiger charge is -2.39. The fraction of sp³-hybridized carbons (Fsp3) is 0.647. The third-order valence-corrected chi connectivity index (χ3v) is 4.97. The SMILES string of the molecule is Cc1cc(N2CCCC(O)(Cc3nncn3C)C2)nc(C2CC2)n1. The van der Waals surface area contributed by atoms with Crippen LogP contribution >= 0.6 is 0 Å². The summed E-state index contributed by atoms with van der Waals surface area (Å²) in [5.41, 5.74) is 0.210. The molecule has 2 aromatic rings. The van der Waals surface area contributed by atoms with Gasteiger partial charge in [0.05, 0.1) is 5.60 Å². The second-order valence-corrected chi connectivity index (χ2v) is 7.28. The summed E-state index contributed by atoms with van der Waals surface area (Å²) in [6.45, 7) is 3.51. The Labute approximate surface area is 141 Å². The second kappa shape index (κ2) is 5.81. The van der Waals surface area contributed by atoms with Gasteiger partial charge in [-0.2, -0.15) is 0 Å². The molecule has 0 spiro atoms. The molecule has 7 nitrogen and oxygen atoms in total. The van der Waals surface area contributed by atoms with E-state index in [9.17, 15) is 5.11 Å². The number of nitrogens with zero attached hydrogens (tertiary/aromatic N) is 6. The second-order valence-electron chi connectivity index (χ2n) is 7.28. The number of hydrogen-bond acceptors (Lipinski definition) is 6. The van der Waals surface area contributed by atoms with E-state index in [1.807, 2.05) is 24.6 Å². The highest BCUT2D eigenvalue weighted by Gasteiger charge is 2.36. The van der Waals surface area contributed by atoms with Crippen LogP contribution in [0.3, 0.4) is 0 Å². The molecular formula is C17H24N6O. The van der Waals surface area contributed by atoms with Gasteiger partial charge in [-0.1, -0.05) is 0 Å². The monoisotopic (exact) mass is 328 g/mol. The van der Waals surface area contributed by atoms with Crippen LogP contribution in [0, 0.1) is 6.92 Å². The predicted molar refractivity (Wildman–Crippen MR) is 89.8 cm³/mol. The quantitative estimate of drug-likeness (QED) is 0.913. The van der Waals surface area contributed by atoms with Gasteiger partial charge in [-0.15, -0.1) is 10.2 Å². The largest absolute Gasteiger partial charge is 0.388 e. The third-order valence-electron chi connectivity index (χ3n) is 4.97. The molecule has 128 valence electrons. The van der Waals surface area contributed by atoms with Crippen LogP contribution in [-0.2, 0) is 13.5 Å². The Morgan fingerprint density at radius 2 is 2.17 bits per heavy atom. The fourth-order valence-corrected chi connectivity index (χ4v) is 3.47. The molecule has 1 saturated carbocycles. The smallest absolute Gasteiger partial charge is 0.135 e. The van der Waals surface area contributed by atoms with Gasteiger partial charge in [0, 0.05) is 44.2 Å². The number of aromatic nitrogens is 5. The van der Waals surface area contributed by atoms with Crippen molar-refractivity contribution in [2.75, 3.05) is 18.0 Å². The Morgan fingerprint density at radius 1 is 1.33 bits per heavy atom. The first-order chi connectivity index (χ1) is 11.5. The van der Waals surface area contributed by atoms with Crippen molar-refractivity contribution in [2.24, 2.45) is 7.05 Å². The van der Waals surface area contributed by atoms with Crippen molar-refractivity contribution < 1.29 is 5.11 Å². The minimum absolute atomic E-state index is 0.513. The first-order valence-corrected chi connectivity index (χ1v) is 8.68. The van der Waals surface area contributed by atoms with Gasteiger partial charge >= 0.3 is 0 Å². The standard InChI is InChI=1S/C17H24N6O/c1-12-8-14(20-16(19-12)13-4-5-13)23-7-3-6-17(24,10-23)9-15-21-18-11-22(15)2/h8,11,13,24H,3-7,9-10H2,1-2H3. The van der Waals surface area contributed by atoms with Crippen LogP contribution in [0.15, 0.2) is 12.4 Å². The van der Waals surface area contributed by atoms with Gasteiger partial charge in [-0.3, -0.25) is 0 Å². The average Bonchev–Trinajstić information content (AvgIpc) is 3.32. The molecule has 2 aromatic heterocycles. The van der Waals surface area contributed by atoms with Gasteiger partial charge < -0.3 is 14.6 Å². The highest BCUT2D eigenvalue weighted by Crippen LogP contribution is 2.39. The maximum atomic E-state index is 11.1. The normalized spacial score (nSPS) is 24.4. The Morgan fingerprint density at radius 3 is 2.88 bits per heavy atom. The van der Waals surface area contributed by atoms with Crippen molar-refractivity contribution >= 4 is 5.82 Å². The minimum atomic E-state index is -0.794. The molecule has 0 radical (unpaired) electrons. The van der Waals surface area contributed by atoms with Crippen molar-refractivity contribution in [2.45, 2.75) is 50.5 Å². The number of aliphatic hydroxyl groups is 1. The number of aryl methyl sites for hydroxylation is 2.